The van der Waals surface area contributed by atoms with E-state index < -0.39 is 34.3 Å². The highest BCUT2D eigenvalue weighted by Gasteiger charge is 2.60. The third-order valence-electron chi connectivity index (χ3n) is 3.80. The zero-order valence-corrected chi connectivity index (χ0v) is 14.4. The fraction of sp³-hybridized carbons (Fsp3) is 0.188. The molecule has 0 radical (unpaired) electrons. The second kappa shape index (κ2) is 6.76. The second-order valence-corrected chi connectivity index (χ2v) is 5.91. The molecule has 0 atom stereocenters. The van der Waals surface area contributed by atoms with Crippen molar-refractivity contribution in [2.24, 2.45) is 0 Å². The molecule has 0 aliphatic heterocycles. The van der Waals surface area contributed by atoms with Gasteiger partial charge in [0.2, 0.25) is 0 Å². The molecule has 0 aliphatic carbocycles. The Hall–Kier alpha value is -3.64. The molecule has 152 valence electrons. The third-order valence-corrected chi connectivity index (χ3v) is 3.80. The van der Waals surface area contributed by atoms with Crippen molar-refractivity contribution in [3.8, 4) is 0 Å². The average molecular weight is 415 g/mol. The molecule has 8 nitrogen and oxygen atoms in total. The smallest absolute Gasteiger partial charge is 0.321 e. The minimum absolute atomic E-state index is 0.126. The highest BCUT2D eigenvalue weighted by molar-refractivity contribution is 6.03. The van der Waals surface area contributed by atoms with Crippen molar-refractivity contribution in [1.29, 1.82) is 0 Å². The first-order chi connectivity index (χ1) is 13.4. The predicted octanol–water partition coefficient (Wildman–Crippen LogP) is 3.85. The molecule has 1 aromatic carbocycles. The van der Waals surface area contributed by atoms with Gasteiger partial charge in [0.25, 0.3) is 11.6 Å². The minimum Gasteiger partial charge on any atom is -0.321 e. The van der Waals surface area contributed by atoms with E-state index >= 15 is 0 Å². The van der Waals surface area contributed by atoms with E-state index in [1.54, 1.807) is 0 Å². The zero-order valence-electron chi connectivity index (χ0n) is 14.4. The molecule has 1 amide bonds. The van der Waals surface area contributed by atoms with Crippen LogP contribution in [0.25, 0.3) is 5.65 Å². The van der Waals surface area contributed by atoms with E-state index in [0.29, 0.717) is 6.07 Å². The fourth-order valence-corrected chi connectivity index (χ4v) is 2.44. The van der Waals surface area contributed by atoms with Crippen molar-refractivity contribution in [1.82, 2.24) is 14.6 Å². The molecule has 0 bridgehead atoms. The van der Waals surface area contributed by atoms with Crippen LogP contribution in [0.5, 0.6) is 0 Å². The van der Waals surface area contributed by atoms with E-state index in [1.807, 2.05) is 0 Å². The van der Waals surface area contributed by atoms with Crippen LogP contribution in [0.15, 0.2) is 36.4 Å². The van der Waals surface area contributed by atoms with Crippen molar-refractivity contribution in [2.75, 3.05) is 5.32 Å². The monoisotopic (exact) mass is 415 g/mol. The Morgan fingerprint density at radius 2 is 1.76 bits per heavy atom. The summed E-state index contributed by atoms with van der Waals surface area (Å²) in [5.74, 6) is -6.15. The summed E-state index contributed by atoms with van der Waals surface area (Å²) in [6.07, 6.45) is -5.87. The standard InChI is InChI=1S/C16H10F5N5O3/c1-8-6-12(15(17,18)16(19,20)21)25-13(22-8)7-11(24-25)14(27)23-9-2-4-10(5-3-9)26(28)29/h2-7H,1H3,(H,23,27). The molecular weight excluding hydrogens is 405 g/mol. The first kappa shape index (κ1) is 20.1. The van der Waals surface area contributed by atoms with E-state index in [4.69, 9.17) is 0 Å². The van der Waals surface area contributed by atoms with Gasteiger partial charge in [-0.3, -0.25) is 14.9 Å². The number of carbonyl (C=O) groups excluding carboxylic acids is 1. The summed E-state index contributed by atoms with van der Waals surface area (Å²) in [6, 6.07) is 6.16. The van der Waals surface area contributed by atoms with Gasteiger partial charge >= 0.3 is 12.1 Å². The van der Waals surface area contributed by atoms with Gasteiger partial charge < -0.3 is 5.32 Å². The summed E-state index contributed by atoms with van der Waals surface area (Å²) in [5, 5.41) is 16.5. The van der Waals surface area contributed by atoms with Crippen LogP contribution >= 0.6 is 0 Å². The van der Waals surface area contributed by atoms with Crippen LogP contribution in [0.3, 0.4) is 0 Å². The second-order valence-electron chi connectivity index (χ2n) is 5.91. The van der Waals surface area contributed by atoms with Crippen LogP contribution < -0.4 is 5.32 Å². The summed E-state index contributed by atoms with van der Waals surface area (Å²) in [4.78, 5) is 26.1. The van der Waals surface area contributed by atoms with Crippen LogP contribution in [0.2, 0.25) is 0 Å². The maximum absolute atomic E-state index is 13.9. The molecule has 0 saturated heterocycles. The first-order valence-corrected chi connectivity index (χ1v) is 7.78. The highest BCUT2D eigenvalue weighted by atomic mass is 19.4. The average Bonchev–Trinajstić information content (AvgIpc) is 3.04. The van der Waals surface area contributed by atoms with Gasteiger partial charge in [-0.1, -0.05) is 0 Å². The fourth-order valence-electron chi connectivity index (χ4n) is 2.44. The quantitative estimate of drug-likeness (QED) is 0.396. The number of benzene rings is 1. The Bertz CT molecular complexity index is 1110. The number of carbonyl (C=O) groups is 1. The normalized spacial score (nSPS) is 12.2. The predicted molar refractivity (Wildman–Crippen MR) is 88.7 cm³/mol. The lowest BCUT2D eigenvalue weighted by Crippen LogP contribution is -2.36. The molecule has 0 saturated carbocycles. The Morgan fingerprint density at radius 1 is 1.14 bits per heavy atom. The number of alkyl halides is 5. The summed E-state index contributed by atoms with van der Waals surface area (Å²) >= 11 is 0. The van der Waals surface area contributed by atoms with Gasteiger partial charge in [-0.25, -0.2) is 9.50 Å². The van der Waals surface area contributed by atoms with Gasteiger partial charge in [0, 0.05) is 29.6 Å². The molecule has 0 fully saturated rings. The number of amides is 1. The number of nitrogens with zero attached hydrogens (tertiary/aromatic N) is 4. The highest BCUT2D eigenvalue weighted by Crippen LogP contribution is 2.43. The SMILES string of the molecule is Cc1cc(C(F)(F)C(F)(F)F)n2nc(C(=O)Nc3ccc([N+](=O)[O-])cc3)cc2n1. The van der Waals surface area contributed by atoms with E-state index in [1.165, 1.54) is 19.1 Å². The number of rotatable bonds is 4. The Labute approximate surface area is 158 Å². The molecule has 3 aromatic rings. The molecule has 3 rings (SSSR count). The number of nitro benzene ring substituents is 1. The van der Waals surface area contributed by atoms with Gasteiger partial charge in [-0.05, 0) is 25.1 Å². The number of hydrogen-bond donors (Lipinski definition) is 1. The number of halogens is 5. The molecule has 2 aromatic heterocycles. The molecule has 1 N–H and O–H groups in total. The van der Waals surface area contributed by atoms with Crippen molar-refractivity contribution < 1.29 is 31.7 Å². The van der Waals surface area contributed by atoms with Crippen LogP contribution in [0.4, 0.5) is 33.3 Å². The lowest BCUT2D eigenvalue weighted by atomic mass is 10.2. The summed E-state index contributed by atoms with van der Waals surface area (Å²) in [6.45, 7) is 1.22. The number of fused-ring (bicyclic) bond motifs is 1. The van der Waals surface area contributed by atoms with Crippen molar-refractivity contribution in [2.45, 2.75) is 19.0 Å². The van der Waals surface area contributed by atoms with E-state index in [0.717, 1.165) is 18.2 Å². The number of anilines is 1. The first-order valence-electron chi connectivity index (χ1n) is 7.78. The molecule has 13 heteroatoms. The summed E-state index contributed by atoms with van der Waals surface area (Å²) in [7, 11) is 0. The van der Waals surface area contributed by atoms with E-state index in [9.17, 15) is 36.9 Å². The number of aryl methyl sites for hydroxylation is 1. The lowest BCUT2D eigenvalue weighted by molar-refractivity contribution is -0.384. The molecule has 0 spiro atoms. The Kier molecular flexibility index (Phi) is 4.68. The zero-order chi connectivity index (χ0) is 21.6. The Balaban J connectivity index is 1.98. The maximum atomic E-state index is 13.9. The lowest BCUT2D eigenvalue weighted by Gasteiger charge is -2.20. The van der Waals surface area contributed by atoms with Crippen LogP contribution in [-0.4, -0.2) is 31.6 Å². The Morgan fingerprint density at radius 3 is 2.31 bits per heavy atom. The molecule has 2 heterocycles. The number of aromatic nitrogens is 3. The van der Waals surface area contributed by atoms with Gasteiger partial charge in [-0.2, -0.15) is 27.1 Å². The van der Waals surface area contributed by atoms with Gasteiger partial charge in [-0.15, -0.1) is 0 Å². The number of nitrogens with one attached hydrogen (secondary N) is 1. The summed E-state index contributed by atoms with van der Waals surface area (Å²) < 4.78 is 66.3. The van der Waals surface area contributed by atoms with Crippen molar-refractivity contribution in [3.63, 3.8) is 0 Å². The van der Waals surface area contributed by atoms with Gasteiger partial charge in [0.05, 0.1) is 4.92 Å². The topological polar surface area (TPSA) is 102 Å². The maximum Gasteiger partial charge on any atom is 0.459 e. The third kappa shape index (κ3) is 3.70. The van der Waals surface area contributed by atoms with Crippen molar-refractivity contribution in [3.05, 3.63) is 63.6 Å². The largest absolute Gasteiger partial charge is 0.459 e. The minimum atomic E-state index is -5.87. The molecule has 0 unspecified atom stereocenters. The van der Waals surface area contributed by atoms with Gasteiger partial charge in [0.1, 0.15) is 5.69 Å². The number of hydrogen-bond acceptors (Lipinski definition) is 5. The van der Waals surface area contributed by atoms with Crippen molar-refractivity contribution >= 4 is 22.9 Å². The van der Waals surface area contributed by atoms with E-state index in [-0.39, 0.29) is 27.2 Å². The molecular formula is C16H10F5N5O3. The van der Waals surface area contributed by atoms with Crippen LogP contribution in [0, 0.1) is 17.0 Å². The number of non-ortho nitro benzene ring substituents is 1. The summed E-state index contributed by atoms with van der Waals surface area (Å²) in [5.41, 5.74) is -2.56. The van der Waals surface area contributed by atoms with Crippen LogP contribution in [-0.2, 0) is 5.92 Å². The van der Waals surface area contributed by atoms with E-state index in [2.05, 4.69) is 15.4 Å². The number of nitro groups is 1. The molecule has 0 aliphatic rings. The molecule has 29 heavy (non-hydrogen) atoms. The van der Waals surface area contributed by atoms with Gasteiger partial charge in [0.15, 0.2) is 11.3 Å². The van der Waals surface area contributed by atoms with Crippen LogP contribution in [0.1, 0.15) is 21.9 Å².